The van der Waals surface area contributed by atoms with Gasteiger partial charge in [0.25, 0.3) is 0 Å². The van der Waals surface area contributed by atoms with E-state index in [4.69, 9.17) is 8.85 Å². The van der Waals surface area contributed by atoms with Crippen LogP contribution in [0.3, 0.4) is 0 Å². The maximum atomic E-state index is 9.65. The van der Waals surface area contributed by atoms with Crippen LogP contribution in [0.1, 0.15) is 12.5 Å². The Morgan fingerprint density at radius 1 is 1.15 bits per heavy atom. The molecule has 0 saturated carbocycles. The number of phenolic OH excluding ortho intramolecular Hbond substituents is 1. The summed E-state index contributed by atoms with van der Waals surface area (Å²) in [5, 5.41) is 9.65. The monoisotopic (exact) mass is 312 g/mol. The Morgan fingerprint density at radius 2 is 1.75 bits per heavy atom. The highest BCUT2D eigenvalue weighted by atomic mass is 28.4. The number of hydrogen-bond donors (Lipinski definition) is 1. The topological polar surface area (TPSA) is 38.7 Å². The fourth-order valence-corrected chi connectivity index (χ4v) is 10.2. The van der Waals surface area contributed by atoms with Crippen LogP contribution in [-0.2, 0) is 10.5 Å². The second kappa shape index (κ2) is 6.32. The van der Waals surface area contributed by atoms with Gasteiger partial charge in [-0.15, -0.1) is 0 Å². The summed E-state index contributed by atoms with van der Waals surface area (Å²) in [7, 11) is -1.63. The summed E-state index contributed by atoms with van der Waals surface area (Å²) in [6.07, 6.45) is 0.959. The van der Waals surface area contributed by atoms with Crippen LogP contribution in [0.15, 0.2) is 18.2 Å². The van der Waals surface area contributed by atoms with E-state index < -0.39 is 16.6 Å². The first-order valence-corrected chi connectivity index (χ1v) is 13.5. The molecule has 0 fully saturated rings. The minimum Gasteiger partial charge on any atom is -0.504 e. The molecule has 1 aromatic rings. The van der Waals surface area contributed by atoms with Crippen molar-refractivity contribution in [3.8, 4) is 11.5 Å². The summed E-state index contributed by atoms with van der Waals surface area (Å²) in [4.78, 5) is 0. The summed E-state index contributed by atoms with van der Waals surface area (Å²) in [5.41, 5.74) is 1.70. The highest BCUT2D eigenvalue weighted by molar-refractivity contribution is 6.84. The molecule has 1 aromatic carbocycles. The molecule has 1 atom stereocenters. The van der Waals surface area contributed by atoms with Gasteiger partial charge in [0.2, 0.25) is 0 Å². The van der Waals surface area contributed by atoms with E-state index >= 15 is 0 Å². The second-order valence-electron chi connectivity index (χ2n) is 6.93. The highest BCUT2D eigenvalue weighted by Gasteiger charge is 2.34. The highest BCUT2D eigenvalue weighted by Crippen LogP contribution is 2.32. The normalized spacial score (nSPS) is 14.2. The van der Waals surface area contributed by atoms with E-state index in [-0.39, 0.29) is 5.75 Å². The molecule has 0 aromatic heterocycles. The standard InChI is InChI=1S/C15H28O3Si2/c1-12(20(6,7)18-19(3,4)5)10-13-8-9-14(16)15(11-13)17-2/h8-9,11-12,16H,10H2,1-7H3. The quantitative estimate of drug-likeness (QED) is 0.792. The predicted octanol–water partition coefficient (Wildman–Crippen LogP) is 4.39. The molecule has 0 saturated heterocycles. The van der Waals surface area contributed by atoms with Crippen LogP contribution in [0.4, 0.5) is 0 Å². The number of phenols is 1. The Kier molecular flexibility index (Phi) is 5.46. The zero-order chi connectivity index (χ0) is 15.6. The third-order valence-electron chi connectivity index (χ3n) is 3.54. The van der Waals surface area contributed by atoms with Gasteiger partial charge in [-0.05, 0) is 62.4 Å². The molecule has 0 aliphatic heterocycles. The molecule has 1 unspecified atom stereocenters. The molecule has 0 aliphatic carbocycles. The minimum absolute atomic E-state index is 0.193. The summed E-state index contributed by atoms with van der Waals surface area (Å²) >= 11 is 0. The van der Waals surface area contributed by atoms with Gasteiger partial charge in [-0.3, -0.25) is 0 Å². The number of hydrogen-bond acceptors (Lipinski definition) is 3. The van der Waals surface area contributed by atoms with E-state index in [2.05, 4.69) is 39.7 Å². The first-order valence-electron chi connectivity index (χ1n) is 7.11. The van der Waals surface area contributed by atoms with Gasteiger partial charge in [-0.25, -0.2) is 0 Å². The fraction of sp³-hybridized carbons (Fsp3) is 0.600. The Bertz CT molecular complexity index is 453. The van der Waals surface area contributed by atoms with Gasteiger partial charge in [0.15, 0.2) is 28.1 Å². The molecule has 0 heterocycles. The molecule has 1 N–H and O–H groups in total. The molecule has 20 heavy (non-hydrogen) atoms. The third kappa shape index (κ3) is 4.96. The van der Waals surface area contributed by atoms with Gasteiger partial charge in [-0.1, -0.05) is 13.0 Å². The molecule has 0 radical (unpaired) electrons. The second-order valence-corrected chi connectivity index (χ2v) is 16.2. The van der Waals surface area contributed by atoms with Crippen LogP contribution in [0.5, 0.6) is 11.5 Å². The lowest BCUT2D eigenvalue weighted by Crippen LogP contribution is -2.45. The maximum Gasteiger partial charge on any atom is 0.176 e. The zero-order valence-corrected chi connectivity index (χ0v) is 15.8. The number of ether oxygens (including phenoxy) is 1. The van der Waals surface area contributed by atoms with E-state index in [0.29, 0.717) is 11.3 Å². The third-order valence-corrected chi connectivity index (χ3v) is 10.7. The summed E-state index contributed by atoms with van der Waals surface area (Å²) < 4.78 is 11.6. The van der Waals surface area contributed by atoms with E-state index in [1.165, 1.54) is 5.56 Å². The predicted molar refractivity (Wildman–Crippen MR) is 89.7 cm³/mol. The first-order chi connectivity index (χ1) is 9.05. The van der Waals surface area contributed by atoms with Crippen molar-refractivity contribution in [2.24, 2.45) is 0 Å². The number of methoxy groups -OCH3 is 1. The van der Waals surface area contributed by atoms with Crippen LogP contribution in [-0.4, -0.2) is 28.9 Å². The van der Waals surface area contributed by atoms with Crippen molar-refractivity contribution in [3.63, 3.8) is 0 Å². The molecule has 0 amide bonds. The van der Waals surface area contributed by atoms with Gasteiger partial charge >= 0.3 is 0 Å². The molecule has 0 aliphatic rings. The Morgan fingerprint density at radius 3 is 2.25 bits per heavy atom. The van der Waals surface area contributed by atoms with Crippen molar-refractivity contribution < 1.29 is 14.0 Å². The SMILES string of the molecule is COc1cc(CC(C)[Si](C)(C)O[Si](C)(C)C)ccc1O. The van der Waals surface area contributed by atoms with Crippen molar-refractivity contribution in [2.45, 2.75) is 51.6 Å². The van der Waals surface area contributed by atoms with Crippen LogP contribution in [0.25, 0.3) is 0 Å². The van der Waals surface area contributed by atoms with Gasteiger partial charge in [0.1, 0.15) is 0 Å². The Labute approximate surface area is 125 Å². The largest absolute Gasteiger partial charge is 0.504 e. The van der Waals surface area contributed by atoms with Crippen LogP contribution < -0.4 is 4.74 Å². The molecule has 114 valence electrons. The summed E-state index contributed by atoms with van der Waals surface area (Å²) in [6.45, 7) is 13.6. The smallest absolute Gasteiger partial charge is 0.176 e. The van der Waals surface area contributed by atoms with Crippen LogP contribution in [0, 0.1) is 0 Å². The van der Waals surface area contributed by atoms with Gasteiger partial charge in [0.05, 0.1) is 7.11 Å². The maximum absolute atomic E-state index is 9.65. The molecule has 3 nitrogen and oxygen atoms in total. The van der Waals surface area contributed by atoms with E-state index in [0.717, 1.165) is 6.42 Å². The molecule has 5 heteroatoms. The first kappa shape index (κ1) is 17.3. The van der Waals surface area contributed by atoms with Crippen molar-refractivity contribution in [3.05, 3.63) is 23.8 Å². The van der Waals surface area contributed by atoms with Crippen LogP contribution in [0.2, 0.25) is 38.3 Å². The molecule has 1 rings (SSSR count). The lowest BCUT2D eigenvalue weighted by atomic mass is 10.1. The number of aromatic hydroxyl groups is 1. The lowest BCUT2D eigenvalue weighted by molar-refractivity contribution is 0.373. The molecular weight excluding hydrogens is 284 g/mol. The van der Waals surface area contributed by atoms with E-state index in [1.54, 1.807) is 13.2 Å². The van der Waals surface area contributed by atoms with Crippen molar-refractivity contribution in [1.82, 2.24) is 0 Å². The van der Waals surface area contributed by atoms with Crippen molar-refractivity contribution in [1.29, 1.82) is 0 Å². The van der Waals surface area contributed by atoms with Gasteiger partial charge < -0.3 is 14.0 Å². The van der Waals surface area contributed by atoms with E-state index in [9.17, 15) is 5.11 Å². The van der Waals surface area contributed by atoms with Crippen LogP contribution >= 0.6 is 0 Å². The Hall–Kier alpha value is -0.786. The molecule has 0 spiro atoms. The summed E-state index contributed by atoms with van der Waals surface area (Å²) in [6, 6.07) is 5.59. The average molecular weight is 313 g/mol. The molecular formula is C15H28O3Si2. The minimum atomic E-state index is -1.71. The average Bonchev–Trinajstić information content (AvgIpc) is 2.28. The Balaban J connectivity index is 2.82. The summed E-state index contributed by atoms with van der Waals surface area (Å²) in [5.74, 6) is 0.735. The van der Waals surface area contributed by atoms with Gasteiger partial charge in [0, 0.05) is 0 Å². The lowest BCUT2D eigenvalue weighted by Gasteiger charge is -2.36. The molecule has 0 bridgehead atoms. The zero-order valence-electron chi connectivity index (χ0n) is 13.8. The number of benzene rings is 1. The van der Waals surface area contributed by atoms with Crippen molar-refractivity contribution in [2.75, 3.05) is 7.11 Å². The van der Waals surface area contributed by atoms with E-state index in [1.807, 2.05) is 12.1 Å². The fourth-order valence-electron chi connectivity index (χ4n) is 2.34. The van der Waals surface area contributed by atoms with Crippen molar-refractivity contribution >= 4 is 16.6 Å². The number of rotatable bonds is 6. The van der Waals surface area contributed by atoms with Gasteiger partial charge in [-0.2, -0.15) is 0 Å².